The fourth-order valence-corrected chi connectivity index (χ4v) is 6.02. The summed E-state index contributed by atoms with van der Waals surface area (Å²) in [5.41, 5.74) is 1.00. The van der Waals surface area contributed by atoms with Crippen molar-refractivity contribution < 1.29 is 24.2 Å². The topological polar surface area (TPSA) is 94.6 Å². The molecule has 4 rings (SSSR count). The number of fused-ring (bicyclic) bond motifs is 1. The van der Waals surface area contributed by atoms with Crippen LogP contribution >= 0.6 is 0 Å². The van der Waals surface area contributed by atoms with Crippen LogP contribution < -0.4 is 10.1 Å². The van der Waals surface area contributed by atoms with Crippen molar-refractivity contribution in [1.82, 2.24) is 14.7 Å². The molecule has 1 aromatic rings. The Bertz CT molecular complexity index is 947. The predicted octanol–water partition coefficient (Wildman–Crippen LogP) is 3.08. The first-order valence-electron chi connectivity index (χ1n) is 14.8. The van der Waals surface area contributed by atoms with Crippen LogP contribution in [0.4, 0.5) is 5.69 Å². The largest absolute Gasteiger partial charge is 0.488 e. The van der Waals surface area contributed by atoms with E-state index in [9.17, 15) is 14.7 Å². The van der Waals surface area contributed by atoms with Gasteiger partial charge in [-0.1, -0.05) is 26.2 Å². The zero-order valence-corrected chi connectivity index (χ0v) is 24.1. The molecule has 2 heterocycles. The van der Waals surface area contributed by atoms with Crippen molar-refractivity contribution in [1.29, 1.82) is 0 Å². The van der Waals surface area contributed by atoms with Crippen LogP contribution in [0.15, 0.2) is 18.2 Å². The Hall–Kier alpha value is -2.20. The number of rotatable bonds is 10. The van der Waals surface area contributed by atoms with E-state index in [1.807, 2.05) is 13.0 Å². The standard InChI is InChI=1S/C30H48N4O5/c1-22-18-34(23(2)21-35)30(37)26-17-25(31-29(36)11-12-33-13-15-38-16-14-33)9-10-27(26)39-28(22)20-32(3)19-24-7-5-4-6-8-24/h9-10,17,22-24,28,35H,4-8,11-16,18-21H2,1-3H3,(H,31,36)/t22-,23-,28+/m1/s1. The lowest BCUT2D eigenvalue weighted by molar-refractivity contribution is -0.116. The summed E-state index contributed by atoms with van der Waals surface area (Å²) in [6.45, 7) is 9.97. The van der Waals surface area contributed by atoms with E-state index >= 15 is 0 Å². The maximum Gasteiger partial charge on any atom is 0.258 e. The number of amides is 2. The summed E-state index contributed by atoms with van der Waals surface area (Å²) < 4.78 is 11.9. The number of benzene rings is 1. The van der Waals surface area contributed by atoms with Gasteiger partial charge in [-0.05, 0) is 50.9 Å². The lowest BCUT2D eigenvalue weighted by Crippen LogP contribution is -2.50. The molecule has 2 fully saturated rings. The van der Waals surface area contributed by atoms with E-state index in [0.717, 1.165) is 32.1 Å². The molecule has 2 aliphatic heterocycles. The summed E-state index contributed by atoms with van der Waals surface area (Å²) in [7, 11) is 2.17. The molecule has 2 N–H and O–H groups in total. The first-order chi connectivity index (χ1) is 18.8. The number of carbonyl (C=O) groups excluding carboxylic acids is 2. The van der Waals surface area contributed by atoms with Gasteiger partial charge in [0.2, 0.25) is 5.91 Å². The third kappa shape index (κ3) is 8.39. The molecule has 0 spiro atoms. The normalized spacial score (nSPS) is 24.0. The van der Waals surface area contributed by atoms with Gasteiger partial charge >= 0.3 is 0 Å². The Labute approximate surface area is 233 Å². The monoisotopic (exact) mass is 544 g/mol. The van der Waals surface area contributed by atoms with Gasteiger partial charge in [0.05, 0.1) is 31.4 Å². The quantitative estimate of drug-likeness (QED) is 0.468. The Morgan fingerprint density at radius 2 is 1.92 bits per heavy atom. The van der Waals surface area contributed by atoms with Crippen LogP contribution in [-0.2, 0) is 9.53 Å². The number of aliphatic hydroxyl groups is 1. The van der Waals surface area contributed by atoms with Gasteiger partial charge < -0.3 is 29.7 Å². The lowest BCUT2D eigenvalue weighted by Gasteiger charge is -2.38. The van der Waals surface area contributed by atoms with Crippen molar-refractivity contribution in [2.24, 2.45) is 11.8 Å². The minimum atomic E-state index is -0.321. The number of carbonyl (C=O) groups is 2. The van der Waals surface area contributed by atoms with Gasteiger partial charge in [0, 0.05) is 57.3 Å². The summed E-state index contributed by atoms with van der Waals surface area (Å²) in [5, 5.41) is 12.9. The van der Waals surface area contributed by atoms with E-state index in [1.165, 1.54) is 32.1 Å². The number of aliphatic hydroxyl groups excluding tert-OH is 1. The first-order valence-corrected chi connectivity index (χ1v) is 14.8. The number of ether oxygens (including phenoxy) is 2. The molecule has 39 heavy (non-hydrogen) atoms. The van der Waals surface area contributed by atoms with Crippen molar-refractivity contribution in [3.05, 3.63) is 23.8 Å². The zero-order chi connectivity index (χ0) is 27.8. The smallest absolute Gasteiger partial charge is 0.258 e. The molecule has 1 aromatic carbocycles. The molecular formula is C30H48N4O5. The van der Waals surface area contributed by atoms with Gasteiger partial charge in [0.1, 0.15) is 11.9 Å². The fourth-order valence-electron chi connectivity index (χ4n) is 6.02. The SMILES string of the molecule is C[C@@H]1CN([C@H](C)CO)C(=O)c2cc(NC(=O)CCN3CCOCC3)ccc2O[C@H]1CN(C)CC1CCCCC1. The lowest BCUT2D eigenvalue weighted by atomic mass is 9.89. The third-order valence-electron chi connectivity index (χ3n) is 8.49. The summed E-state index contributed by atoms with van der Waals surface area (Å²) in [4.78, 5) is 32.7. The fraction of sp³-hybridized carbons (Fsp3) is 0.733. The molecule has 2 amide bonds. The average molecular weight is 545 g/mol. The Morgan fingerprint density at radius 3 is 2.64 bits per heavy atom. The Kier molecular flexibility index (Phi) is 11.0. The van der Waals surface area contributed by atoms with Crippen LogP contribution in [0.1, 0.15) is 62.7 Å². The number of nitrogens with one attached hydrogen (secondary N) is 1. The molecule has 1 saturated carbocycles. The van der Waals surface area contributed by atoms with Crippen LogP contribution in [0.2, 0.25) is 0 Å². The number of nitrogens with zero attached hydrogens (tertiary/aromatic N) is 3. The first kappa shape index (κ1) is 29.8. The van der Waals surface area contributed by atoms with Crippen LogP contribution in [-0.4, -0.2) is 110 Å². The van der Waals surface area contributed by atoms with Crippen molar-refractivity contribution in [2.45, 2.75) is 64.5 Å². The maximum absolute atomic E-state index is 13.7. The molecule has 1 saturated heterocycles. The van der Waals surface area contributed by atoms with Gasteiger partial charge in [0.15, 0.2) is 0 Å². The highest BCUT2D eigenvalue weighted by molar-refractivity contribution is 5.99. The molecule has 218 valence electrons. The average Bonchev–Trinajstić information content (AvgIpc) is 2.94. The van der Waals surface area contributed by atoms with Crippen molar-refractivity contribution in [3.8, 4) is 5.75 Å². The maximum atomic E-state index is 13.7. The van der Waals surface area contributed by atoms with E-state index < -0.39 is 0 Å². The predicted molar refractivity (Wildman–Crippen MR) is 152 cm³/mol. The van der Waals surface area contributed by atoms with Crippen LogP contribution in [0, 0.1) is 11.8 Å². The molecule has 3 aliphatic rings. The van der Waals surface area contributed by atoms with E-state index in [2.05, 4.69) is 29.1 Å². The zero-order valence-electron chi connectivity index (χ0n) is 24.1. The molecule has 9 heteroatoms. The Balaban J connectivity index is 1.47. The highest BCUT2D eigenvalue weighted by Crippen LogP contribution is 2.31. The van der Waals surface area contributed by atoms with Gasteiger partial charge in [-0.25, -0.2) is 0 Å². The third-order valence-corrected chi connectivity index (χ3v) is 8.49. The number of likely N-dealkylation sites (N-methyl/N-ethyl adjacent to an activating group) is 1. The van der Waals surface area contributed by atoms with Gasteiger partial charge in [-0.15, -0.1) is 0 Å². The van der Waals surface area contributed by atoms with Gasteiger partial charge in [0.25, 0.3) is 5.91 Å². The van der Waals surface area contributed by atoms with Crippen molar-refractivity contribution in [2.75, 3.05) is 71.5 Å². The number of hydrogen-bond donors (Lipinski definition) is 2. The van der Waals surface area contributed by atoms with E-state index in [-0.39, 0.29) is 36.5 Å². The summed E-state index contributed by atoms with van der Waals surface area (Å²) in [6.07, 6.45) is 6.87. The number of hydrogen-bond acceptors (Lipinski definition) is 7. The summed E-state index contributed by atoms with van der Waals surface area (Å²) in [6, 6.07) is 5.02. The van der Waals surface area contributed by atoms with Gasteiger partial charge in [-0.2, -0.15) is 0 Å². The molecule has 0 bridgehead atoms. The summed E-state index contributed by atoms with van der Waals surface area (Å²) in [5.74, 6) is 1.09. The van der Waals surface area contributed by atoms with E-state index in [0.29, 0.717) is 49.7 Å². The number of anilines is 1. The minimum Gasteiger partial charge on any atom is -0.488 e. The number of morpholine rings is 1. The molecular weight excluding hydrogens is 496 g/mol. The van der Waals surface area contributed by atoms with Crippen molar-refractivity contribution in [3.63, 3.8) is 0 Å². The van der Waals surface area contributed by atoms with Gasteiger partial charge in [-0.3, -0.25) is 14.5 Å². The van der Waals surface area contributed by atoms with Crippen molar-refractivity contribution >= 4 is 17.5 Å². The van der Waals surface area contributed by atoms with E-state index in [4.69, 9.17) is 9.47 Å². The van der Waals surface area contributed by atoms with Crippen LogP contribution in [0.5, 0.6) is 5.75 Å². The Morgan fingerprint density at radius 1 is 1.18 bits per heavy atom. The van der Waals surface area contributed by atoms with Crippen LogP contribution in [0.3, 0.4) is 0 Å². The molecule has 1 aliphatic carbocycles. The summed E-state index contributed by atoms with van der Waals surface area (Å²) >= 11 is 0. The molecule has 9 nitrogen and oxygen atoms in total. The molecule has 0 unspecified atom stereocenters. The second-order valence-corrected chi connectivity index (χ2v) is 11.8. The minimum absolute atomic E-state index is 0.0860. The molecule has 0 aromatic heterocycles. The highest BCUT2D eigenvalue weighted by Gasteiger charge is 2.34. The van der Waals surface area contributed by atoms with E-state index in [1.54, 1.807) is 17.0 Å². The highest BCUT2D eigenvalue weighted by atomic mass is 16.5. The molecule has 0 radical (unpaired) electrons. The van der Waals surface area contributed by atoms with Crippen LogP contribution in [0.25, 0.3) is 0 Å². The second-order valence-electron chi connectivity index (χ2n) is 11.8. The second kappa shape index (κ2) is 14.4. The molecule has 3 atom stereocenters.